The van der Waals surface area contributed by atoms with Crippen molar-refractivity contribution < 1.29 is 9.18 Å². The van der Waals surface area contributed by atoms with Crippen LogP contribution in [-0.2, 0) is 4.79 Å². The van der Waals surface area contributed by atoms with Crippen LogP contribution in [0.5, 0.6) is 0 Å². The first kappa shape index (κ1) is 14.5. The molecule has 0 radical (unpaired) electrons. The fourth-order valence-corrected chi connectivity index (χ4v) is 5.86. The molecule has 2 saturated carbocycles. The van der Waals surface area contributed by atoms with E-state index >= 15 is 0 Å². The monoisotopic (exact) mass is 321 g/mol. The van der Waals surface area contributed by atoms with Crippen molar-refractivity contribution in [2.75, 3.05) is 5.88 Å². The van der Waals surface area contributed by atoms with Gasteiger partial charge in [-0.2, -0.15) is 0 Å². The van der Waals surface area contributed by atoms with Gasteiger partial charge in [0.05, 0.1) is 0 Å². The van der Waals surface area contributed by atoms with E-state index in [0.29, 0.717) is 5.92 Å². The highest BCUT2D eigenvalue weighted by Gasteiger charge is 2.56. The minimum Gasteiger partial charge on any atom is -0.350 e. The lowest BCUT2D eigenvalue weighted by Crippen LogP contribution is -2.57. The molecule has 22 heavy (non-hydrogen) atoms. The zero-order valence-electron chi connectivity index (χ0n) is 12.8. The van der Waals surface area contributed by atoms with Gasteiger partial charge in [0.25, 0.3) is 0 Å². The average Bonchev–Trinajstić information content (AvgIpc) is 2.58. The largest absolute Gasteiger partial charge is 0.350 e. The second-order valence-electron chi connectivity index (χ2n) is 7.90. The van der Waals surface area contributed by atoms with Crippen LogP contribution >= 0.6 is 11.6 Å². The van der Waals surface area contributed by atoms with Crippen LogP contribution in [0.25, 0.3) is 0 Å². The van der Waals surface area contributed by atoms with Crippen molar-refractivity contribution in [1.82, 2.24) is 5.32 Å². The summed E-state index contributed by atoms with van der Waals surface area (Å²) in [6.07, 6.45) is 4.87. The molecule has 1 amide bonds. The first-order chi connectivity index (χ1) is 10.4. The quantitative estimate of drug-likeness (QED) is 0.817. The highest BCUT2D eigenvalue weighted by Crippen LogP contribution is 2.63. The number of carbonyl (C=O) groups excluding carboxylic acids is 1. The fourth-order valence-electron chi connectivity index (χ4n) is 5.79. The molecule has 4 aliphatic rings. The van der Waals surface area contributed by atoms with E-state index in [0.717, 1.165) is 37.7 Å². The van der Waals surface area contributed by atoms with Gasteiger partial charge in [-0.3, -0.25) is 4.79 Å². The summed E-state index contributed by atoms with van der Waals surface area (Å²) >= 11 is 5.71. The molecule has 4 heteroatoms. The van der Waals surface area contributed by atoms with Crippen LogP contribution in [0.15, 0.2) is 18.2 Å². The van der Waals surface area contributed by atoms with E-state index < -0.39 is 0 Å². The normalized spacial score (nSPS) is 38.5. The Hall–Kier alpha value is -1.09. The number of alkyl halides is 1. The average molecular weight is 322 g/mol. The molecule has 4 aliphatic carbocycles. The molecule has 0 saturated heterocycles. The summed E-state index contributed by atoms with van der Waals surface area (Å²) in [7, 11) is 0. The highest BCUT2D eigenvalue weighted by molar-refractivity contribution is 6.27. The summed E-state index contributed by atoms with van der Waals surface area (Å²) in [5.74, 6) is 0.371. The van der Waals surface area contributed by atoms with Gasteiger partial charge in [-0.1, -0.05) is 19.1 Å². The topological polar surface area (TPSA) is 29.1 Å². The molecule has 5 rings (SSSR count). The lowest BCUT2D eigenvalue weighted by Gasteiger charge is -2.54. The number of halogens is 2. The van der Waals surface area contributed by atoms with Gasteiger partial charge in [0.1, 0.15) is 11.7 Å². The van der Waals surface area contributed by atoms with Crippen molar-refractivity contribution in [2.45, 2.75) is 56.4 Å². The van der Waals surface area contributed by atoms with Crippen LogP contribution in [-0.4, -0.2) is 17.3 Å². The van der Waals surface area contributed by atoms with Gasteiger partial charge >= 0.3 is 0 Å². The third-order valence-electron chi connectivity index (χ3n) is 5.98. The molecule has 1 aromatic rings. The van der Waals surface area contributed by atoms with Crippen molar-refractivity contribution >= 4 is 17.5 Å². The third-order valence-corrected chi connectivity index (χ3v) is 6.22. The van der Waals surface area contributed by atoms with Crippen LogP contribution in [0.2, 0.25) is 0 Å². The minimum absolute atomic E-state index is 0.00485. The fraction of sp³-hybridized carbons (Fsp3) is 0.611. The third kappa shape index (κ3) is 2.09. The Morgan fingerprint density at radius 1 is 1.32 bits per heavy atom. The molecule has 1 aromatic carbocycles. The number of rotatable bonds is 2. The van der Waals surface area contributed by atoms with Gasteiger partial charge < -0.3 is 5.32 Å². The maximum Gasteiger partial charge on any atom is 0.235 e. The second-order valence-corrected chi connectivity index (χ2v) is 8.17. The summed E-state index contributed by atoms with van der Waals surface area (Å²) in [6.45, 7) is 2.30. The zero-order valence-corrected chi connectivity index (χ0v) is 13.5. The van der Waals surface area contributed by atoms with Crippen LogP contribution in [0, 0.1) is 11.2 Å². The summed E-state index contributed by atoms with van der Waals surface area (Å²) < 4.78 is 14.5. The van der Waals surface area contributed by atoms with E-state index in [9.17, 15) is 9.18 Å². The molecule has 4 atom stereocenters. The lowest BCUT2D eigenvalue weighted by molar-refractivity contribution is -0.122. The first-order valence-electron chi connectivity index (χ1n) is 8.09. The van der Waals surface area contributed by atoms with Crippen molar-refractivity contribution in [2.24, 2.45) is 5.41 Å². The lowest BCUT2D eigenvalue weighted by atomic mass is 9.55. The number of hydrogen-bond acceptors (Lipinski definition) is 1. The first-order valence-corrected chi connectivity index (χ1v) is 8.62. The Bertz CT molecular complexity index is 648. The van der Waals surface area contributed by atoms with Crippen LogP contribution in [0.3, 0.4) is 0 Å². The van der Waals surface area contributed by atoms with Crippen LogP contribution in [0.4, 0.5) is 4.39 Å². The van der Waals surface area contributed by atoms with E-state index in [-0.39, 0.29) is 34.5 Å². The Labute approximate surface area is 135 Å². The Morgan fingerprint density at radius 3 is 2.82 bits per heavy atom. The van der Waals surface area contributed by atoms with Gasteiger partial charge in [-0.25, -0.2) is 4.39 Å². The van der Waals surface area contributed by atoms with Gasteiger partial charge in [-0.15, -0.1) is 11.6 Å². The van der Waals surface area contributed by atoms with E-state index in [1.807, 2.05) is 6.07 Å². The number of carbonyl (C=O) groups is 1. The van der Waals surface area contributed by atoms with Crippen molar-refractivity contribution in [1.29, 1.82) is 0 Å². The maximum absolute atomic E-state index is 14.5. The molecular weight excluding hydrogens is 301 g/mol. The van der Waals surface area contributed by atoms with E-state index in [2.05, 4.69) is 18.3 Å². The molecule has 0 heterocycles. The van der Waals surface area contributed by atoms with Crippen LogP contribution < -0.4 is 5.32 Å². The summed E-state index contributed by atoms with van der Waals surface area (Å²) in [4.78, 5) is 11.9. The van der Waals surface area contributed by atoms with Crippen molar-refractivity contribution in [3.63, 3.8) is 0 Å². The maximum atomic E-state index is 14.5. The standard InChI is InChI=1S/C18H21ClFNO/c1-17-5-11-7-18(10-17,21-15(22)9-19)8-12(6-17)16-13(11)3-2-4-14(16)20/h2-4,11-12H,5-10H2,1H3,(H,21,22). The SMILES string of the molecule is CC12CC3CC(NC(=O)CCl)(CC(C1)c1c(F)cccc13)C2. The second kappa shape index (κ2) is 4.70. The zero-order chi connectivity index (χ0) is 15.5. The number of nitrogens with one attached hydrogen (secondary N) is 1. The molecular formula is C18H21ClFNO. The number of amides is 1. The molecule has 2 fully saturated rings. The van der Waals surface area contributed by atoms with Gasteiger partial charge in [0.15, 0.2) is 0 Å². The number of hydrogen-bond donors (Lipinski definition) is 1. The van der Waals surface area contributed by atoms with Gasteiger partial charge in [0.2, 0.25) is 5.91 Å². The Kier molecular flexibility index (Phi) is 3.10. The van der Waals surface area contributed by atoms with E-state index in [4.69, 9.17) is 11.6 Å². The minimum atomic E-state index is -0.210. The van der Waals surface area contributed by atoms with Crippen LogP contribution in [0.1, 0.15) is 62.0 Å². The Morgan fingerprint density at radius 2 is 2.05 bits per heavy atom. The predicted molar refractivity (Wildman–Crippen MR) is 84.7 cm³/mol. The Balaban J connectivity index is 1.82. The van der Waals surface area contributed by atoms with E-state index in [1.165, 1.54) is 5.56 Å². The molecule has 4 unspecified atom stereocenters. The molecule has 2 nitrogen and oxygen atoms in total. The van der Waals surface area contributed by atoms with E-state index in [1.54, 1.807) is 6.07 Å². The molecule has 118 valence electrons. The van der Waals surface area contributed by atoms with Gasteiger partial charge in [0, 0.05) is 5.54 Å². The summed E-state index contributed by atoms with van der Waals surface area (Å²) in [6, 6.07) is 5.50. The predicted octanol–water partition coefficient (Wildman–Crippen LogP) is 4.08. The van der Waals surface area contributed by atoms with Gasteiger partial charge in [-0.05, 0) is 66.5 Å². The number of benzene rings is 1. The smallest absolute Gasteiger partial charge is 0.235 e. The van der Waals surface area contributed by atoms with Crippen molar-refractivity contribution in [3.05, 3.63) is 35.1 Å². The summed E-state index contributed by atoms with van der Waals surface area (Å²) in [5.41, 5.74) is 2.06. The highest BCUT2D eigenvalue weighted by atomic mass is 35.5. The summed E-state index contributed by atoms with van der Waals surface area (Å²) in [5, 5.41) is 3.20. The molecule has 4 bridgehead atoms. The van der Waals surface area contributed by atoms with Crippen molar-refractivity contribution in [3.8, 4) is 0 Å². The molecule has 0 aliphatic heterocycles. The molecule has 0 spiro atoms. The molecule has 1 N–H and O–H groups in total. The molecule has 0 aromatic heterocycles.